The molecule has 0 aromatic heterocycles. The second kappa shape index (κ2) is 12.0. The van der Waals surface area contributed by atoms with E-state index in [1.54, 1.807) is 11.1 Å². The fourth-order valence-electron chi connectivity index (χ4n) is 6.38. The summed E-state index contributed by atoms with van der Waals surface area (Å²) in [6.07, 6.45) is 32.4. The lowest BCUT2D eigenvalue weighted by atomic mass is 9.73. The standard InChI is InChI=1S/C28H46.C2H2/c1-6-23-15-13-22(20-21(23)2)14-16-25-11-9-12-26-24(17-18-27(25)26)10-7-8-19-28(3,4)5;1-2/h6,14,16,21,24,26-27H,7-13,15,17-20H2,1-5H3;1-2H/b22-14-,23-6-,25-16+;/t21-,24?,26?,27?;/m1./s1. The molecule has 0 aromatic rings. The molecular weight excluding hydrogens is 360 g/mol. The van der Waals surface area contributed by atoms with Crippen LogP contribution in [-0.4, -0.2) is 0 Å². The van der Waals surface area contributed by atoms with E-state index in [2.05, 4.69) is 65.7 Å². The van der Waals surface area contributed by atoms with Crippen LogP contribution in [0.3, 0.4) is 0 Å². The highest BCUT2D eigenvalue weighted by Gasteiger charge is 2.39. The molecule has 0 aromatic carbocycles. The van der Waals surface area contributed by atoms with Crippen molar-refractivity contribution in [3.8, 4) is 12.8 Å². The van der Waals surface area contributed by atoms with Crippen LogP contribution in [0.25, 0.3) is 0 Å². The van der Waals surface area contributed by atoms with Gasteiger partial charge >= 0.3 is 0 Å². The summed E-state index contributed by atoms with van der Waals surface area (Å²) in [5, 5.41) is 0. The summed E-state index contributed by atoms with van der Waals surface area (Å²) in [6, 6.07) is 0. The molecule has 0 heteroatoms. The van der Waals surface area contributed by atoms with E-state index in [1.165, 1.54) is 77.0 Å². The number of allylic oxidation sites excluding steroid dienone is 6. The highest BCUT2D eigenvalue weighted by molar-refractivity contribution is 5.26. The minimum atomic E-state index is 0.511. The smallest absolute Gasteiger partial charge is 0.0169 e. The SMILES string of the molecule is C#C.C/C=C1/CC/C(=C/C=C2\CCCC3C(CCCCC(C)(C)C)CCC23)C[C@H]1C. The largest absolute Gasteiger partial charge is 0.124 e. The molecule has 0 bridgehead atoms. The predicted molar refractivity (Wildman–Crippen MR) is 134 cm³/mol. The number of unbranched alkanes of at least 4 members (excludes halogenated alkanes) is 1. The van der Waals surface area contributed by atoms with Crippen LogP contribution in [0, 0.1) is 41.9 Å². The molecule has 0 spiro atoms. The maximum Gasteiger partial charge on any atom is -0.0169 e. The van der Waals surface area contributed by atoms with E-state index >= 15 is 0 Å². The highest BCUT2D eigenvalue weighted by Crippen LogP contribution is 2.50. The van der Waals surface area contributed by atoms with Crippen molar-refractivity contribution in [3.63, 3.8) is 0 Å². The second-order valence-electron chi connectivity index (χ2n) is 11.3. The van der Waals surface area contributed by atoms with Crippen molar-refractivity contribution in [2.24, 2.45) is 29.1 Å². The van der Waals surface area contributed by atoms with E-state index in [0.717, 1.165) is 23.7 Å². The first-order chi connectivity index (χ1) is 14.4. The number of hydrogen-bond acceptors (Lipinski definition) is 0. The zero-order valence-corrected chi connectivity index (χ0v) is 20.7. The first-order valence-corrected chi connectivity index (χ1v) is 12.7. The van der Waals surface area contributed by atoms with Gasteiger partial charge in [0.25, 0.3) is 0 Å². The van der Waals surface area contributed by atoms with Gasteiger partial charge in [0.2, 0.25) is 0 Å². The molecule has 3 fully saturated rings. The summed E-state index contributed by atoms with van der Waals surface area (Å²) >= 11 is 0. The molecule has 3 saturated carbocycles. The number of hydrogen-bond donors (Lipinski definition) is 0. The first-order valence-electron chi connectivity index (χ1n) is 12.7. The zero-order chi connectivity index (χ0) is 22.1. The van der Waals surface area contributed by atoms with Crippen LogP contribution in [0.15, 0.2) is 34.9 Å². The molecule has 3 rings (SSSR count). The molecule has 0 radical (unpaired) electrons. The fraction of sp³-hybridized carbons (Fsp3) is 0.733. The van der Waals surface area contributed by atoms with Gasteiger partial charge in [-0.05, 0) is 93.8 Å². The van der Waals surface area contributed by atoms with E-state index in [-0.39, 0.29) is 0 Å². The lowest BCUT2D eigenvalue weighted by molar-refractivity contribution is 0.257. The van der Waals surface area contributed by atoms with Crippen LogP contribution in [0.5, 0.6) is 0 Å². The van der Waals surface area contributed by atoms with Gasteiger partial charge in [0.15, 0.2) is 0 Å². The average molecular weight is 409 g/mol. The maximum atomic E-state index is 4.00. The molecule has 168 valence electrons. The van der Waals surface area contributed by atoms with E-state index in [0.29, 0.717) is 5.41 Å². The van der Waals surface area contributed by atoms with Gasteiger partial charge in [-0.15, -0.1) is 12.8 Å². The summed E-state index contributed by atoms with van der Waals surface area (Å²) in [5.74, 6) is 3.71. The minimum Gasteiger partial charge on any atom is -0.124 e. The Bertz CT molecular complexity index is 633. The Morgan fingerprint density at radius 3 is 2.37 bits per heavy atom. The monoisotopic (exact) mass is 408 g/mol. The van der Waals surface area contributed by atoms with E-state index in [4.69, 9.17) is 0 Å². The molecule has 0 nitrogen and oxygen atoms in total. The molecule has 0 N–H and O–H groups in total. The Labute approximate surface area is 188 Å². The summed E-state index contributed by atoms with van der Waals surface area (Å²) in [5.41, 5.74) is 5.69. The second-order valence-corrected chi connectivity index (χ2v) is 11.3. The van der Waals surface area contributed by atoms with Crippen LogP contribution >= 0.6 is 0 Å². The van der Waals surface area contributed by atoms with E-state index in [9.17, 15) is 0 Å². The van der Waals surface area contributed by atoms with E-state index in [1.807, 2.05) is 5.57 Å². The number of rotatable bonds is 5. The van der Waals surface area contributed by atoms with Gasteiger partial charge in [-0.3, -0.25) is 0 Å². The van der Waals surface area contributed by atoms with Crippen molar-refractivity contribution < 1.29 is 0 Å². The van der Waals surface area contributed by atoms with Crippen molar-refractivity contribution in [1.82, 2.24) is 0 Å². The van der Waals surface area contributed by atoms with Crippen LogP contribution in [-0.2, 0) is 0 Å². The average Bonchev–Trinajstić information content (AvgIpc) is 3.14. The number of terminal acetylenes is 1. The molecule has 0 saturated heterocycles. The van der Waals surface area contributed by atoms with Gasteiger partial charge in [-0.2, -0.15) is 0 Å². The van der Waals surface area contributed by atoms with Gasteiger partial charge in [-0.1, -0.05) is 81.9 Å². The van der Waals surface area contributed by atoms with Gasteiger partial charge in [0, 0.05) is 0 Å². The third-order valence-electron chi connectivity index (χ3n) is 8.04. The van der Waals surface area contributed by atoms with Gasteiger partial charge in [0.05, 0.1) is 0 Å². The van der Waals surface area contributed by atoms with E-state index < -0.39 is 0 Å². The minimum absolute atomic E-state index is 0.511. The Morgan fingerprint density at radius 1 is 0.933 bits per heavy atom. The zero-order valence-electron chi connectivity index (χ0n) is 20.7. The van der Waals surface area contributed by atoms with Crippen molar-refractivity contribution >= 4 is 0 Å². The Hall–Kier alpha value is -1.22. The molecule has 3 unspecified atom stereocenters. The topological polar surface area (TPSA) is 0 Å². The van der Waals surface area contributed by atoms with Crippen molar-refractivity contribution in [2.75, 3.05) is 0 Å². The summed E-state index contributed by atoms with van der Waals surface area (Å²) in [4.78, 5) is 0. The molecule has 3 aliphatic carbocycles. The van der Waals surface area contributed by atoms with Gasteiger partial charge in [-0.25, -0.2) is 0 Å². The molecule has 0 amide bonds. The Kier molecular flexibility index (Phi) is 10.0. The molecular formula is C30H48. The van der Waals surface area contributed by atoms with Crippen LogP contribution in [0.2, 0.25) is 0 Å². The lowest BCUT2D eigenvalue weighted by Gasteiger charge is -2.32. The van der Waals surface area contributed by atoms with Crippen molar-refractivity contribution in [2.45, 2.75) is 112 Å². The van der Waals surface area contributed by atoms with Crippen molar-refractivity contribution in [3.05, 3.63) is 34.9 Å². The predicted octanol–water partition coefficient (Wildman–Crippen LogP) is 9.29. The lowest BCUT2D eigenvalue weighted by Crippen LogP contribution is -2.21. The highest BCUT2D eigenvalue weighted by atomic mass is 14.4. The quantitative estimate of drug-likeness (QED) is 0.241. The van der Waals surface area contributed by atoms with Gasteiger partial charge < -0.3 is 0 Å². The Morgan fingerprint density at radius 2 is 1.70 bits per heavy atom. The third-order valence-corrected chi connectivity index (χ3v) is 8.04. The summed E-state index contributed by atoms with van der Waals surface area (Å²) in [7, 11) is 0. The molecule has 0 heterocycles. The van der Waals surface area contributed by atoms with Crippen LogP contribution < -0.4 is 0 Å². The van der Waals surface area contributed by atoms with Gasteiger partial charge in [0.1, 0.15) is 0 Å². The third kappa shape index (κ3) is 7.18. The molecule has 4 atom stereocenters. The normalized spacial score (nSPS) is 33.4. The van der Waals surface area contributed by atoms with Crippen LogP contribution in [0.4, 0.5) is 0 Å². The Balaban J connectivity index is 0.00000155. The maximum absolute atomic E-state index is 4.00. The summed E-state index contributed by atoms with van der Waals surface area (Å²) < 4.78 is 0. The molecule has 30 heavy (non-hydrogen) atoms. The van der Waals surface area contributed by atoms with Crippen molar-refractivity contribution in [1.29, 1.82) is 0 Å². The molecule has 0 aliphatic heterocycles. The summed E-state index contributed by atoms with van der Waals surface area (Å²) in [6.45, 7) is 11.8. The first kappa shape index (κ1) is 25.0. The van der Waals surface area contributed by atoms with Crippen LogP contribution in [0.1, 0.15) is 112 Å². The molecule has 3 aliphatic rings. The fourth-order valence-corrected chi connectivity index (χ4v) is 6.38. The number of fused-ring (bicyclic) bond motifs is 1.